The van der Waals surface area contributed by atoms with E-state index in [-0.39, 0.29) is 29.7 Å². The highest BCUT2D eigenvalue weighted by Crippen LogP contribution is 2.48. The van der Waals surface area contributed by atoms with Crippen LogP contribution in [0.15, 0.2) is 60.7 Å². The topological polar surface area (TPSA) is 43.4 Å². The van der Waals surface area contributed by atoms with Gasteiger partial charge in [-0.2, -0.15) is 0 Å². The van der Waals surface area contributed by atoms with Crippen LogP contribution in [0, 0.1) is 5.92 Å². The lowest BCUT2D eigenvalue weighted by molar-refractivity contribution is -0.155. The van der Waals surface area contributed by atoms with Gasteiger partial charge in [0.05, 0.1) is 6.10 Å². The van der Waals surface area contributed by atoms with Crippen molar-refractivity contribution < 1.29 is 14.3 Å². The number of ketones is 1. The van der Waals surface area contributed by atoms with Gasteiger partial charge in [0.1, 0.15) is 11.7 Å². The van der Waals surface area contributed by atoms with Gasteiger partial charge in [0, 0.05) is 12.3 Å². The van der Waals surface area contributed by atoms with Crippen molar-refractivity contribution in [3.8, 4) is 0 Å². The largest absolute Gasteiger partial charge is 0.462 e. The first-order chi connectivity index (χ1) is 12.1. The van der Waals surface area contributed by atoms with E-state index >= 15 is 0 Å². The fourth-order valence-corrected chi connectivity index (χ4v) is 3.66. The summed E-state index contributed by atoms with van der Waals surface area (Å²) in [5, 5.41) is 0. The molecule has 130 valence electrons. The van der Waals surface area contributed by atoms with Crippen LogP contribution in [0.2, 0.25) is 0 Å². The molecule has 0 spiro atoms. The molecule has 0 aromatic heterocycles. The normalized spacial score (nSPS) is 24.1. The van der Waals surface area contributed by atoms with E-state index in [0.29, 0.717) is 6.42 Å². The zero-order valence-electron chi connectivity index (χ0n) is 14.7. The predicted octanol–water partition coefficient (Wildman–Crippen LogP) is 4.48. The molecule has 0 bridgehead atoms. The lowest BCUT2D eigenvalue weighted by Gasteiger charge is -2.25. The summed E-state index contributed by atoms with van der Waals surface area (Å²) < 4.78 is 5.53. The molecule has 1 aliphatic carbocycles. The summed E-state index contributed by atoms with van der Waals surface area (Å²) in [6.45, 7) is 3.83. The molecule has 3 heteroatoms. The Hall–Kier alpha value is -2.42. The zero-order chi connectivity index (χ0) is 17.8. The molecule has 25 heavy (non-hydrogen) atoms. The SMILES string of the molecule is CC[C@H](C)OC(=O)[C@@H]1C(=O)C[C@@H](c2ccccc2)[C@H]1c1ccccc1. The zero-order valence-corrected chi connectivity index (χ0v) is 14.7. The highest BCUT2D eigenvalue weighted by atomic mass is 16.5. The molecule has 1 aliphatic rings. The molecular formula is C22H24O3. The van der Waals surface area contributed by atoms with Crippen LogP contribution in [0.5, 0.6) is 0 Å². The number of Topliss-reactive ketones (excluding diaryl/α,β-unsaturated/α-hetero) is 1. The van der Waals surface area contributed by atoms with Crippen LogP contribution in [0.4, 0.5) is 0 Å². The lowest BCUT2D eigenvalue weighted by atomic mass is 9.80. The monoisotopic (exact) mass is 336 g/mol. The summed E-state index contributed by atoms with van der Waals surface area (Å²) in [5.74, 6) is -1.29. The number of carbonyl (C=O) groups excluding carboxylic acids is 2. The quantitative estimate of drug-likeness (QED) is 0.597. The minimum atomic E-state index is -0.721. The van der Waals surface area contributed by atoms with Crippen molar-refractivity contribution in [1.29, 1.82) is 0 Å². The van der Waals surface area contributed by atoms with Gasteiger partial charge in [-0.15, -0.1) is 0 Å². The molecular weight excluding hydrogens is 312 g/mol. The number of ether oxygens (including phenoxy) is 1. The Balaban J connectivity index is 1.98. The maximum absolute atomic E-state index is 12.8. The van der Waals surface area contributed by atoms with Crippen LogP contribution >= 0.6 is 0 Å². The first kappa shape index (κ1) is 17.4. The second-order valence-corrected chi connectivity index (χ2v) is 6.76. The summed E-state index contributed by atoms with van der Waals surface area (Å²) in [5.41, 5.74) is 2.12. The summed E-state index contributed by atoms with van der Waals surface area (Å²) in [6.07, 6.45) is 0.946. The Morgan fingerprint density at radius 1 is 1.04 bits per heavy atom. The Bertz CT molecular complexity index is 723. The first-order valence-electron chi connectivity index (χ1n) is 8.95. The molecule has 4 atom stereocenters. The van der Waals surface area contributed by atoms with Crippen LogP contribution in [0.3, 0.4) is 0 Å². The number of rotatable bonds is 5. The van der Waals surface area contributed by atoms with Gasteiger partial charge < -0.3 is 4.74 Å². The molecule has 3 nitrogen and oxygen atoms in total. The van der Waals surface area contributed by atoms with Crippen molar-refractivity contribution in [2.75, 3.05) is 0 Å². The number of carbonyl (C=O) groups is 2. The van der Waals surface area contributed by atoms with Gasteiger partial charge in [0.15, 0.2) is 0 Å². The van der Waals surface area contributed by atoms with Crippen molar-refractivity contribution in [2.45, 2.75) is 44.6 Å². The van der Waals surface area contributed by atoms with Gasteiger partial charge >= 0.3 is 5.97 Å². The van der Waals surface area contributed by atoms with Crippen molar-refractivity contribution in [3.05, 3.63) is 71.8 Å². The van der Waals surface area contributed by atoms with Gasteiger partial charge in [-0.05, 0) is 30.4 Å². The van der Waals surface area contributed by atoms with Crippen LogP contribution in [-0.2, 0) is 14.3 Å². The van der Waals surface area contributed by atoms with Crippen LogP contribution in [-0.4, -0.2) is 17.9 Å². The molecule has 0 N–H and O–H groups in total. The van der Waals surface area contributed by atoms with E-state index in [1.165, 1.54) is 0 Å². The third-order valence-corrected chi connectivity index (χ3v) is 5.12. The second kappa shape index (κ2) is 7.64. The third kappa shape index (κ3) is 3.65. The molecule has 1 saturated carbocycles. The predicted molar refractivity (Wildman–Crippen MR) is 97.3 cm³/mol. The number of hydrogen-bond donors (Lipinski definition) is 0. The van der Waals surface area contributed by atoms with Gasteiger partial charge in [-0.25, -0.2) is 0 Å². The highest BCUT2D eigenvalue weighted by Gasteiger charge is 2.48. The average Bonchev–Trinajstić information content (AvgIpc) is 3.00. The van der Waals surface area contributed by atoms with Crippen molar-refractivity contribution in [3.63, 3.8) is 0 Å². The molecule has 2 aromatic rings. The number of hydrogen-bond acceptors (Lipinski definition) is 3. The van der Waals surface area contributed by atoms with E-state index in [0.717, 1.165) is 17.5 Å². The number of benzene rings is 2. The van der Waals surface area contributed by atoms with E-state index in [1.54, 1.807) is 0 Å². The average molecular weight is 336 g/mol. The fourth-order valence-electron chi connectivity index (χ4n) is 3.66. The molecule has 1 fully saturated rings. The van der Waals surface area contributed by atoms with E-state index in [2.05, 4.69) is 0 Å². The Labute approximate surface area is 149 Å². The Morgan fingerprint density at radius 2 is 1.60 bits per heavy atom. The highest BCUT2D eigenvalue weighted by molar-refractivity contribution is 6.02. The molecule has 0 unspecified atom stereocenters. The van der Waals surface area contributed by atoms with E-state index in [1.807, 2.05) is 74.5 Å². The summed E-state index contributed by atoms with van der Waals surface area (Å²) in [7, 11) is 0. The lowest BCUT2D eigenvalue weighted by Crippen LogP contribution is -2.29. The molecule has 0 heterocycles. The minimum Gasteiger partial charge on any atom is -0.462 e. The van der Waals surface area contributed by atoms with Crippen LogP contribution in [0.1, 0.15) is 49.7 Å². The Morgan fingerprint density at radius 3 is 2.16 bits per heavy atom. The van der Waals surface area contributed by atoms with Crippen molar-refractivity contribution in [1.82, 2.24) is 0 Å². The van der Waals surface area contributed by atoms with Gasteiger partial charge in [0.25, 0.3) is 0 Å². The Kier molecular flexibility index (Phi) is 5.32. The summed E-state index contributed by atoms with van der Waals surface area (Å²) in [6, 6.07) is 19.9. The molecule has 2 aromatic carbocycles. The molecule has 0 radical (unpaired) electrons. The summed E-state index contributed by atoms with van der Waals surface area (Å²) >= 11 is 0. The molecule has 3 rings (SSSR count). The van der Waals surface area contributed by atoms with Crippen LogP contribution < -0.4 is 0 Å². The fraction of sp³-hybridized carbons (Fsp3) is 0.364. The van der Waals surface area contributed by atoms with E-state index in [9.17, 15) is 9.59 Å². The van der Waals surface area contributed by atoms with Gasteiger partial charge in [0.2, 0.25) is 0 Å². The van der Waals surface area contributed by atoms with Gasteiger partial charge in [-0.1, -0.05) is 67.6 Å². The van der Waals surface area contributed by atoms with Crippen molar-refractivity contribution >= 4 is 11.8 Å². The van der Waals surface area contributed by atoms with E-state index < -0.39 is 5.92 Å². The maximum atomic E-state index is 12.8. The first-order valence-corrected chi connectivity index (χ1v) is 8.95. The maximum Gasteiger partial charge on any atom is 0.317 e. The molecule has 0 saturated heterocycles. The van der Waals surface area contributed by atoms with E-state index in [4.69, 9.17) is 4.74 Å². The molecule has 0 amide bonds. The smallest absolute Gasteiger partial charge is 0.317 e. The van der Waals surface area contributed by atoms with Crippen LogP contribution in [0.25, 0.3) is 0 Å². The minimum absolute atomic E-state index is 0.00517. The van der Waals surface area contributed by atoms with Crippen molar-refractivity contribution in [2.24, 2.45) is 5.92 Å². The second-order valence-electron chi connectivity index (χ2n) is 6.76. The molecule has 0 aliphatic heterocycles. The summed E-state index contributed by atoms with van der Waals surface area (Å²) in [4.78, 5) is 25.5. The van der Waals surface area contributed by atoms with Gasteiger partial charge in [-0.3, -0.25) is 9.59 Å². The number of esters is 1. The standard InChI is InChI=1S/C22H24O3/c1-3-15(2)25-22(24)21-19(23)14-18(16-10-6-4-7-11-16)20(21)17-12-8-5-9-13-17/h4-13,15,18,20-21H,3,14H2,1-2H3/t15-,18-,20+,21+/m0/s1. The third-order valence-electron chi connectivity index (χ3n) is 5.12.